The number of piperidine rings is 1. The Morgan fingerprint density at radius 2 is 1.69 bits per heavy atom. The predicted molar refractivity (Wildman–Crippen MR) is 128 cm³/mol. The van der Waals surface area contributed by atoms with E-state index in [9.17, 15) is 13.2 Å². The van der Waals surface area contributed by atoms with Crippen molar-refractivity contribution in [3.8, 4) is 0 Å². The van der Waals surface area contributed by atoms with Crippen molar-refractivity contribution in [1.82, 2.24) is 14.5 Å². The second kappa shape index (κ2) is 11.6. The number of hydrogen-bond donors (Lipinski definition) is 1. The Morgan fingerprint density at radius 3 is 2.34 bits per heavy atom. The van der Waals surface area contributed by atoms with E-state index in [-0.39, 0.29) is 16.8 Å². The van der Waals surface area contributed by atoms with Crippen LogP contribution in [0.15, 0.2) is 59.5 Å². The van der Waals surface area contributed by atoms with Gasteiger partial charge in [0.05, 0.1) is 4.90 Å². The van der Waals surface area contributed by atoms with Gasteiger partial charge in [0.2, 0.25) is 10.0 Å². The molecular weight excluding hydrogens is 422 g/mol. The summed E-state index contributed by atoms with van der Waals surface area (Å²) in [6, 6.07) is 16.8. The molecule has 1 heterocycles. The lowest BCUT2D eigenvalue weighted by Gasteiger charge is -2.30. The van der Waals surface area contributed by atoms with Gasteiger partial charge in [-0.25, -0.2) is 8.42 Å². The highest BCUT2D eigenvalue weighted by atomic mass is 32.2. The maximum Gasteiger partial charge on any atom is 0.251 e. The van der Waals surface area contributed by atoms with E-state index in [0.717, 1.165) is 38.8 Å². The number of sulfonamides is 1. The van der Waals surface area contributed by atoms with Gasteiger partial charge in [-0.2, -0.15) is 4.31 Å². The van der Waals surface area contributed by atoms with E-state index in [2.05, 4.69) is 36.2 Å². The predicted octanol–water partition coefficient (Wildman–Crippen LogP) is 3.54. The number of amides is 1. The van der Waals surface area contributed by atoms with E-state index < -0.39 is 10.0 Å². The van der Waals surface area contributed by atoms with Crippen molar-refractivity contribution in [2.75, 3.05) is 32.7 Å². The quantitative estimate of drug-likeness (QED) is 0.592. The molecule has 7 heteroatoms. The van der Waals surface area contributed by atoms with Crippen LogP contribution in [0.2, 0.25) is 0 Å². The van der Waals surface area contributed by atoms with Gasteiger partial charge in [0.25, 0.3) is 5.91 Å². The zero-order valence-corrected chi connectivity index (χ0v) is 20.0. The number of rotatable bonds is 10. The summed E-state index contributed by atoms with van der Waals surface area (Å²) in [6.07, 6.45) is 3.67. The molecule has 1 saturated heterocycles. The molecule has 0 radical (unpaired) electrons. The van der Waals surface area contributed by atoms with Gasteiger partial charge in [-0.05, 0) is 56.1 Å². The van der Waals surface area contributed by atoms with Gasteiger partial charge in [0.1, 0.15) is 0 Å². The van der Waals surface area contributed by atoms with E-state index in [0.29, 0.717) is 25.2 Å². The van der Waals surface area contributed by atoms with E-state index in [4.69, 9.17) is 0 Å². The van der Waals surface area contributed by atoms with Crippen LogP contribution in [-0.4, -0.2) is 62.3 Å². The molecular formula is C25H35N3O3S. The minimum atomic E-state index is -3.57. The highest BCUT2D eigenvalue weighted by Gasteiger charge is 2.26. The number of hydrogen-bond acceptors (Lipinski definition) is 4. The Bertz CT molecular complexity index is 969. The molecule has 0 aromatic heterocycles. The summed E-state index contributed by atoms with van der Waals surface area (Å²) in [6.45, 7) is 7.63. The normalized spacial score (nSPS) is 16.1. The standard InChI is InChI=1S/C25H35N3O3S/c1-3-27(4-2)23(18-21-12-7-5-8-13-21)20-26-25(29)22-14-11-15-24(19-22)32(30,31)28-16-9-6-10-17-28/h5,7-8,11-15,19,23H,3-4,6,9-10,16-18,20H2,1-2H3,(H,26,29)/t23-/m0/s1. The summed E-state index contributed by atoms with van der Waals surface area (Å²) in [7, 11) is -3.57. The van der Waals surface area contributed by atoms with Crippen molar-refractivity contribution in [3.63, 3.8) is 0 Å². The molecule has 0 aliphatic carbocycles. The number of nitrogens with one attached hydrogen (secondary N) is 1. The fourth-order valence-corrected chi connectivity index (χ4v) is 5.88. The third kappa shape index (κ3) is 6.18. The molecule has 1 fully saturated rings. The Hall–Kier alpha value is -2.22. The number of benzene rings is 2. The number of carbonyl (C=O) groups excluding carboxylic acids is 1. The maximum absolute atomic E-state index is 13.0. The summed E-state index contributed by atoms with van der Waals surface area (Å²) in [5, 5.41) is 3.04. The Morgan fingerprint density at radius 1 is 1.00 bits per heavy atom. The van der Waals surface area contributed by atoms with E-state index in [1.165, 1.54) is 15.9 Å². The number of nitrogens with zero attached hydrogens (tertiary/aromatic N) is 2. The summed E-state index contributed by atoms with van der Waals surface area (Å²) in [4.78, 5) is 15.4. The molecule has 0 bridgehead atoms. The van der Waals surface area contributed by atoms with Crippen LogP contribution < -0.4 is 5.32 Å². The van der Waals surface area contributed by atoms with Crippen LogP contribution in [0, 0.1) is 0 Å². The Labute approximate surface area is 192 Å². The van der Waals surface area contributed by atoms with Gasteiger partial charge in [-0.1, -0.05) is 56.7 Å². The van der Waals surface area contributed by atoms with Crippen molar-refractivity contribution >= 4 is 15.9 Å². The molecule has 1 aliphatic heterocycles. The van der Waals surface area contributed by atoms with Gasteiger partial charge in [-0.15, -0.1) is 0 Å². The fraction of sp³-hybridized carbons (Fsp3) is 0.480. The molecule has 0 saturated carbocycles. The Balaban J connectivity index is 1.70. The average Bonchev–Trinajstić information content (AvgIpc) is 2.84. The van der Waals surface area contributed by atoms with Crippen molar-refractivity contribution in [1.29, 1.82) is 0 Å². The lowest BCUT2D eigenvalue weighted by Crippen LogP contribution is -2.45. The maximum atomic E-state index is 13.0. The van der Waals surface area contributed by atoms with E-state index in [1.807, 2.05) is 18.2 Å². The fourth-order valence-electron chi connectivity index (χ4n) is 4.32. The second-order valence-corrected chi connectivity index (χ2v) is 10.2. The minimum Gasteiger partial charge on any atom is -0.350 e. The summed E-state index contributed by atoms with van der Waals surface area (Å²) < 4.78 is 27.5. The van der Waals surface area contributed by atoms with Gasteiger partial charge < -0.3 is 5.32 Å². The van der Waals surface area contributed by atoms with Gasteiger partial charge in [0.15, 0.2) is 0 Å². The Kier molecular flexibility index (Phi) is 8.84. The van der Waals surface area contributed by atoms with Crippen LogP contribution in [0.1, 0.15) is 49.0 Å². The van der Waals surface area contributed by atoms with Crippen LogP contribution in [0.3, 0.4) is 0 Å². The highest BCUT2D eigenvalue weighted by molar-refractivity contribution is 7.89. The van der Waals surface area contributed by atoms with Crippen molar-refractivity contribution < 1.29 is 13.2 Å². The van der Waals surface area contributed by atoms with E-state index in [1.54, 1.807) is 18.2 Å². The van der Waals surface area contributed by atoms with Gasteiger partial charge >= 0.3 is 0 Å². The van der Waals surface area contributed by atoms with Gasteiger partial charge in [-0.3, -0.25) is 9.69 Å². The van der Waals surface area contributed by atoms with Crippen LogP contribution in [0.25, 0.3) is 0 Å². The summed E-state index contributed by atoms with van der Waals surface area (Å²) in [5.74, 6) is -0.245. The lowest BCUT2D eigenvalue weighted by atomic mass is 10.0. The van der Waals surface area contributed by atoms with E-state index >= 15 is 0 Å². The topological polar surface area (TPSA) is 69.7 Å². The summed E-state index contributed by atoms with van der Waals surface area (Å²) >= 11 is 0. The van der Waals surface area contributed by atoms with Gasteiger partial charge in [0, 0.05) is 31.2 Å². The van der Waals surface area contributed by atoms with Crippen LogP contribution in [-0.2, 0) is 16.4 Å². The second-order valence-electron chi connectivity index (χ2n) is 8.27. The molecule has 174 valence electrons. The van der Waals surface area contributed by atoms with Crippen LogP contribution in [0.4, 0.5) is 0 Å². The minimum absolute atomic E-state index is 0.164. The number of likely N-dealkylation sites (N-methyl/N-ethyl adjacent to an activating group) is 1. The molecule has 32 heavy (non-hydrogen) atoms. The molecule has 0 unspecified atom stereocenters. The smallest absolute Gasteiger partial charge is 0.251 e. The van der Waals surface area contributed by atoms with Crippen LogP contribution >= 0.6 is 0 Å². The van der Waals surface area contributed by atoms with Crippen molar-refractivity contribution in [3.05, 3.63) is 65.7 Å². The highest BCUT2D eigenvalue weighted by Crippen LogP contribution is 2.21. The molecule has 0 spiro atoms. The summed E-state index contributed by atoms with van der Waals surface area (Å²) in [5.41, 5.74) is 1.61. The lowest BCUT2D eigenvalue weighted by molar-refractivity contribution is 0.0934. The zero-order valence-electron chi connectivity index (χ0n) is 19.2. The molecule has 6 nitrogen and oxygen atoms in total. The average molecular weight is 458 g/mol. The molecule has 1 N–H and O–H groups in total. The third-order valence-electron chi connectivity index (χ3n) is 6.19. The largest absolute Gasteiger partial charge is 0.350 e. The number of carbonyl (C=O) groups is 1. The first kappa shape index (κ1) is 24.4. The van der Waals surface area contributed by atoms with Crippen LogP contribution in [0.5, 0.6) is 0 Å². The monoisotopic (exact) mass is 457 g/mol. The molecule has 1 atom stereocenters. The molecule has 1 aliphatic rings. The SMILES string of the molecule is CCN(CC)[C@H](CNC(=O)c1cccc(S(=O)(=O)N2CCCCC2)c1)Cc1ccccc1. The van der Waals surface area contributed by atoms with Crippen molar-refractivity contribution in [2.45, 2.75) is 50.5 Å². The first-order valence-electron chi connectivity index (χ1n) is 11.6. The first-order valence-corrected chi connectivity index (χ1v) is 13.1. The molecule has 3 rings (SSSR count). The molecule has 2 aromatic carbocycles. The third-order valence-corrected chi connectivity index (χ3v) is 8.08. The zero-order chi connectivity index (χ0) is 23.0. The first-order chi connectivity index (χ1) is 15.5. The van der Waals surface area contributed by atoms with Crippen molar-refractivity contribution in [2.24, 2.45) is 0 Å². The molecule has 2 aromatic rings. The molecule has 1 amide bonds.